The third-order valence-electron chi connectivity index (χ3n) is 3.41. The highest BCUT2D eigenvalue weighted by atomic mass is 16.5. The van der Waals surface area contributed by atoms with E-state index in [1.165, 1.54) is 10.9 Å². The van der Waals surface area contributed by atoms with Crippen molar-refractivity contribution >= 4 is 23.8 Å². The van der Waals surface area contributed by atoms with Gasteiger partial charge in [0.15, 0.2) is 0 Å². The number of esters is 1. The number of carbonyl (C=O) groups excluding carboxylic acids is 3. The molecular weight excluding hydrogens is 340 g/mol. The monoisotopic (exact) mass is 360 g/mol. The van der Waals surface area contributed by atoms with E-state index in [0.717, 1.165) is 5.56 Å². The summed E-state index contributed by atoms with van der Waals surface area (Å²) in [6.07, 6.45) is 0.589. The number of amides is 3. The van der Waals surface area contributed by atoms with Crippen LogP contribution < -0.4 is 16.5 Å². The minimum Gasteiger partial charge on any atom is -0.462 e. The van der Waals surface area contributed by atoms with Gasteiger partial charge in [-0.25, -0.2) is 19.8 Å². The molecule has 1 aromatic carbocycles. The standard InChI is InChI=1S/C17H20N4O5/c1-3-25-15(22)14-11(2)21(20-16(18)23)9-13(14)19-17(24)26-10-12-7-5-4-6-8-12/h4-9H,3,10H2,1-2H3,(H,19,24)(H3,18,20,23). The molecule has 0 atom stereocenters. The lowest BCUT2D eigenvalue weighted by molar-refractivity contribution is 0.0526. The Morgan fingerprint density at radius 3 is 2.46 bits per heavy atom. The van der Waals surface area contributed by atoms with Gasteiger partial charge in [0, 0.05) is 0 Å². The van der Waals surface area contributed by atoms with E-state index in [-0.39, 0.29) is 24.5 Å². The van der Waals surface area contributed by atoms with Gasteiger partial charge in [-0.3, -0.25) is 9.99 Å². The average Bonchev–Trinajstić information content (AvgIpc) is 2.89. The normalized spacial score (nSPS) is 10.1. The summed E-state index contributed by atoms with van der Waals surface area (Å²) < 4.78 is 11.3. The number of anilines is 1. The van der Waals surface area contributed by atoms with E-state index < -0.39 is 18.1 Å². The molecule has 1 aromatic heterocycles. The number of nitrogens with two attached hydrogens (primary N) is 1. The van der Waals surface area contributed by atoms with Gasteiger partial charge in [0.2, 0.25) is 0 Å². The highest BCUT2D eigenvalue weighted by Gasteiger charge is 2.23. The molecule has 9 heteroatoms. The maximum absolute atomic E-state index is 12.2. The van der Waals surface area contributed by atoms with Crippen molar-refractivity contribution in [1.82, 2.24) is 4.68 Å². The molecule has 0 unspecified atom stereocenters. The van der Waals surface area contributed by atoms with Crippen molar-refractivity contribution in [2.75, 3.05) is 17.3 Å². The van der Waals surface area contributed by atoms with Crippen LogP contribution in [0.3, 0.4) is 0 Å². The number of aromatic nitrogens is 1. The van der Waals surface area contributed by atoms with Crippen molar-refractivity contribution < 1.29 is 23.9 Å². The molecule has 4 N–H and O–H groups in total. The third kappa shape index (κ3) is 4.76. The molecule has 3 amide bonds. The summed E-state index contributed by atoms with van der Waals surface area (Å²) in [6, 6.07) is 8.32. The number of rotatable bonds is 6. The molecule has 138 valence electrons. The van der Waals surface area contributed by atoms with E-state index in [4.69, 9.17) is 15.2 Å². The van der Waals surface area contributed by atoms with E-state index in [1.807, 2.05) is 30.3 Å². The lowest BCUT2D eigenvalue weighted by atomic mass is 10.2. The van der Waals surface area contributed by atoms with Crippen molar-refractivity contribution in [3.05, 3.63) is 53.3 Å². The Kier molecular flexibility index (Phi) is 6.20. The molecule has 2 aromatic rings. The van der Waals surface area contributed by atoms with Crippen LogP contribution in [0, 0.1) is 6.92 Å². The zero-order chi connectivity index (χ0) is 19.1. The summed E-state index contributed by atoms with van der Waals surface area (Å²) in [5, 5.41) is 2.48. The quantitative estimate of drug-likeness (QED) is 0.682. The van der Waals surface area contributed by atoms with Gasteiger partial charge in [0.25, 0.3) is 0 Å². The minimum absolute atomic E-state index is 0.0701. The first kappa shape index (κ1) is 18.8. The van der Waals surface area contributed by atoms with Gasteiger partial charge in [-0.15, -0.1) is 0 Å². The van der Waals surface area contributed by atoms with Crippen molar-refractivity contribution in [2.45, 2.75) is 20.5 Å². The third-order valence-corrected chi connectivity index (χ3v) is 3.41. The Bertz CT molecular complexity index is 801. The second-order valence-electron chi connectivity index (χ2n) is 5.26. The minimum atomic E-state index is -0.822. The van der Waals surface area contributed by atoms with Gasteiger partial charge in [0.1, 0.15) is 12.2 Å². The number of hydrogen-bond acceptors (Lipinski definition) is 5. The zero-order valence-electron chi connectivity index (χ0n) is 14.4. The number of urea groups is 1. The van der Waals surface area contributed by atoms with Gasteiger partial charge in [-0.2, -0.15) is 0 Å². The molecule has 0 bridgehead atoms. The number of primary amides is 1. The summed E-state index contributed by atoms with van der Waals surface area (Å²) in [5.41, 5.74) is 8.81. The van der Waals surface area contributed by atoms with E-state index >= 15 is 0 Å². The van der Waals surface area contributed by atoms with Crippen LogP contribution in [0.4, 0.5) is 15.3 Å². The Labute approximate surface area is 150 Å². The number of ether oxygens (including phenoxy) is 2. The van der Waals surface area contributed by atoms with Crippen LogP contribution >= 0.6 is 0 Å². The molecule has 0 radical (unpaired) electrons. The van der Waals surface area contributed by atoms with Gasteiger partial charge in [0.05, 0.1) is 24.2 Å². The van der Waals surface area contributed by atoms with E-state index in [9.17, 15) is 14.4 Å². The molecule has 9 nitrogen and oxygen atoms in total. The highest BCUT2D eigenvalue weighted by molar-refractivity contribution is 6.01. The number of nitrogens with one attached hydrogen (secondary N) is 2. The topological polar surface area (TPSA) is 125 Å². The first-order chi connectivity index (χ1) is 12.4. The highest BCUT2D eigenvalue weighted by Crippen LogP contribution is 2.23. The molecule has 1 heterocycles. The fraction of sp³-hybridized carbons (Fsp3) is 0.235. The first-order valence-corrected chi connectivity index (χ1v) is 7.85. The predicted octanol–water partition coefficient (Wildman–Crippen LogP) is 2.34. The largest absolute Gasteiger partial charge is 0.462 e. The lowest BCUT2D eigenvalue weighted by Crippen LogP contribution is -2.28. The van der Waals surface area contributed by atoms with Crippen LogP contribution in [0.25, 0.3) is 0 Å². The molecule has 0 spiro atoms. The van der Waals surface area contributed by atoms with E-state index in [0.29, 0.717) is 5.69 Å². The van der Waals surface area contributed by atoms with Crippen LogP contribution in [-0.4, -0.2) is 29.4 Å². The molecule has 0 aliphatic rings. The molecule has 0 saturated heterocycles. The molecule has 0 fully saturated rings. The van der Waals surface area contributed by atoms with Crippen LogP contribution in [0.5, 0.6) is 0 Å². The van der Waals surface area contributed by atoms with Crippen LogP contribution in [0.2, 0.25) is 0 Å². The number of benzene rings is 1. The summed E-state index contributed by atoms with van der Waals surface area (Å²) >= 11 is 0. The van der Waals surface area contributed by atoms with Crippen LogP contribution in [-0.2, 0) is 16.1 Å². The maximum Gasteiger partial charge on any atom is 0.412 e. The Balaban J connectivity index is 2.16. The zero-order valence-corrected chi connectivity index (χ0v) is 14.4. The SMILES string of the molecule is CCOC(=O)c1c(NC(=O)OCc2ccccc2)cn(NC(N)=O)c1C. The average molecular weight is 360 g/mol. The maximum atomic E-state index is 12.2. The number of carbonyl (C=O) groups is 3. The molecule has 2 rings (SSSR count). The summed E-state index contributed by atoms with van der Waals surface area (Å²) in [5.74, 6) is -0.645. The molecule has 0 saturated carbocycles. The fourth-order valence-electron chi connectivity index (χ4n) is 2.27. The van der Waals surface area contributed by atoms with E-state index in [2.05, 4.69) is 10.7 Å². The summed E-state index contributed by atoms with van der Waals surface area (Å²) in [6.45, 7) is 3.46. The van der Waals surface area contributed by atoms with Gasteiger partial charge in [-0.05, 0) is 19.4 Å². The van der Waals surface area contributed by atoms with Gasteiger partial charge in [-0.1, -0.05) is 30.3 Å². The Morgan fingerprint density at radius 2 is 1.85 bits per heavy atom. The fourth-order valence-corrected chi connectivity index (χ4v) is 2.27. The Hall–Kier alpha value is -3.49. The smallest absolute Gasteiger partial charge is 0.412 e. The summed E-state index contributed by atoms with van der Waals surface area (Å²) in [7, 11) is 0. The number of nitrogens with zero attached hydrogens (tertiary/aromatic N) is 1. The van der Waals surface area contributed by atoms with Crippen molar-refractivity contribution in [3.8, 4) is 0 Å². The van der Waals surface area contributed by atoms with Crippen molar-refractivity contribution in [1.29, 1.82) is 0 Å². The molecule has 0 aliphatic carbocycles. The second-order valence-corrected chi connectivity index (χ2v) is 5.26. The predicted molar refractivity (Wildman–Crippen MR) is 94.3 cm³/mol. The van der Waals surface area contributed by atoms with Crippen LogP contribution in [0.15, 0.2) is 36.5 Å². The van der Waals surface area contributed by atoms with Gasteiger partial charge < -0.3 is 15.2 Å². The summed E-state index contributed by atoms with van der Waals surface area (Å²) in [4.78, 5) is 35.3. The van der Waals surface area contributed by atoms with E-state index in [1.54, 1.807) is 13.8 Å². The number of hydrogen-bond donors (Lipinski definition) is 3. The van der Waals surface area contributed by atoms with Crippen LogP contribution in [0.1, 0.15) is 28.5 Å². The first-order valence-electron chi connectivity index (χ1n) is 7.85. The van der Waals surface area contributed by atoms with Crippen molar-refractivity contribution in [2.24, 2.45) is 5.73 Å². The second kappa shape index (κ2) is 8.56. The Morgan fingerprint density at radius 1 is 1.15 bits per heavy atom. The van der Waals surface area contributed by atoms with Gasteiger partial charge >= 0.3 is 18.1 Å². The molecule has 26 heavy (non-hydrogen) atoms. The molecule has 0 aliphatic heterocycles. The van der Waals surface area contributed by atoms with Crippen molar-refractivity contribution in [3.63, 3.8) is 0 Å². The molecular formula is C17H20N4O5. The lowest BCUT2D eigenvalue weighted by Gasteiger charge is -2.08.